The summed E-state index contributed by atoms with van der Waals surface area (Å²) in [5.74, 6) is -0.0109. The van der Waals surface area contributed by atoms with Crippen molar-refractivity contribution in [1.82, 2.24) is 13.3 Å². The maximum atomic E-state index is 12.8. The van der Waals surface area contributed by atoms with Crippen molar-refractivity contribution in [3.05, 3.63) is 65.9 Å². The van der Waals surface area contributed by atoms with E-state index in [0.29, 0.717) is 45.6 Å². The Balaban J connectivity index is 1.54. The molecule has 3 aromatic carbocycles. The van der Waals surface area contributed by atoms with E-state index >= 15 is 0 Å². The van der Waals surface area contributed by atoms with Crippen LogP contribution in [-0.2, 0) is 16.6 Å². The third-order valence-corrected chi connectivity index (χ3v) is 8.56. The molecule has 0 fully saturated rings. The first-order valence-electron chi connectivity index (χ1n) is 12.3. The molecule has 39 heavy (non-hydrogen) atoms. The number of carboxylic acid groups (broad SMARTS) is 1. The van der Waals surface area contributed by atoms with Gasteiger partial charge >= 0.3 is 5.97 Å². The molecule has 2 aromatic heterocycles. The molecular formula is C27H24N4O6S2. The topological polar surface area (TPSA) is 133 Å². The smallest absolute Gasteiger partial charge is 0.353 e. The summed E-state index contributed by atoms with van der Waals surface area (Å²) in [5, 5.41) is 11.1. The van der Waals surface area contributed by atoms with Gasteiger partial charge in [0.1, 0.15) is 16.7 Å². The van der Waals surface area contributed by atoms with Gasteiger partial charge in [-0.3, -0.25) is 4.72 Å². The third-order valence-electron chi connectivity index (χ3n) is 6.63. The lowest BCUT2D eigenvalue weighted by atomic mass is 10.0. The molecule has 6 rings (SSSR count). The average Bonchev–Trinajstić information content (AvgIpc) is 3.64. The molecule has 10 nitrogen and oxygen atoms in total. The fourth-order valence-electron chi connectivity index (χ4n) is 4.82. The van der Waals surface area contributed by atoms with Crippen molar-refractivity contribution >= 4 is 55.3 Å². The van der Waals surface area contributed by atoms with Crippen molar-refractivity contribution in [2.75, 3.05) is 17.3 Å². The molecule has 0 bridgehead atoms. The largest absolute Gasteiger partial charge is 0.477 e. The number of anilines is 1. The van der Waals surface area contributed by atoms with Gasteiger partial charge in [-0.25, -0.2) is 13.2 Å². The van der Waals surface area contributed by atoms with Gasteiger partial charge < -0.3 is 19.1 Å². The van der Waals surface area contributed by atoms with Crippen LogP contribution in [0.3, 0.4) is 0 Å². The molecular weight excluding hydrogens is 540 g/mol. The number of nitrogens with one attached hydrogen (secondary N) is 1. The van der Waals surface area contributed by atoms with Crippen LogP contribution in [0.5, 0.6) is 11.5 Å². The van der Waals surface area contributed by atoms with Crippen molar-refractivity contribution < 1.29 is 27.8 Å². The molecule has 0 saturated carbocycles. The second kappa shape index (κ2) is 9.86. The monoisotopic (exact) mass is 564 g/mol. The predicted octanol–water partition coefficient (Wildman–Crippen LogP) is 5.33. The molecule has 2 N–H and O–H groups in total. The quantitative estimate of drug-likeness (QED) is 0.246. The van der Waals surface area contributed by atoms with Crippen LogP contribution in [0.15, 0.2) is 54.6 Å². The number of fused-ring (bicyclic) bond motifs is 3. The Morgan fingerprint density at radius 2 is 1.87 bits per heavy atom. The van der Waals surface area contributed by atoms with Crippen LogP contribution in [0.1, 0.15) is 35.8 Å². The van der Waals surface area contributed by atoms with E-state index in [1.165, 1.54) is 0 Å². The summed E-state index contributed by atoms with van der Waals surface area (Å²) in [6.07, 6.45) is 1.29. The highest BCUT2D eigenvalue weighted by Crippen LogP contribution is 2.42. The van der Waals surface area contributed by atoms with Gasteiger partial charge in [-0.2, -0.15) is 8.75 Å². The minimum atomic E-state index is -3.56. The number of benzene rings is 3. The summed E-state index contributed by atoms with van der Waals surface area (Å²) in [5.41, 5.74) is 4.54. The normalized spacial score (nSPS) is 12.8. The van der Waals surface area contributed by atoms with Crippen LogP contribution < -0.4 is 14.2 Å². The van der Waals surface area contributed by atoms with Crippen molar-refractivity contribution in [1.29, 1.82) is 0 Å². The second-order valence-corrected chi connectivity index (χ2v) is 11.6. The fraction of sp³-hybridized carbons (Fsp3) is 0.222. The molecule has 0 spiro atoms. The zero-order valence-electron chi connectivity index (χ0n) is 20.9. The molecule has 0 aliphatic carbocycles. The number of ether oxygens (including phenoxy) is 2. The maximum absolute atomic E-state index is 12.8. The number of hydrogen-bond donors (Lipinski definition) is 2. The van der Waals surface area contributed by atoms with Crippen LogP contribution in [0.4, 0.5) is 5.69 Å². The number of aromatic carboxylic acids is 1. The number of unbranched alkanes of at least 4 members (excludes halogenated alkanes) is 1. The third kappa shape index (κ3) is 4.77. The lowest BCUT2D eigenvalue weighted by molar-refractivity contribution is 0.0687. The lowest BCUT2D eigenvalue weighted by Gasteiger charge is -2.10. The van der Waals surface area contributed by atoms with Gasteiger partial charge in [-0.1, -0.05) is 25.5 Å². The number of carboxylic acids is 1. The maximum Gasteiger partial charge on any atom is 0.353 e. The van der Waals surface area contributed by atoms with Crippen molar-refractivity contribution in [2.45, 2.75) is 26.3 Å². The molecule has 1 aliphatic rings. The number of aromatic nitrogens is 3. The Kier molecular flexibility index (Phi) is 6.35. The Bertz CT molecular complexity index is 1840. The Hall–Kier alpha value is -4.16. The van der Waals surface area contributed by atoms with E-state index in [2.05, 4.69) is 13.5 Å². The number of carbonyl (C=O) groups is 1. The van der Waals surface area contributed by atoms with E-state index < -0.39 is 16.0 Å². The molecule has 0 saturated heterocycles. The summed E-state index contributed by atoms with van der Waals surface area (Å²) >= 11 is 1.12. The van der Waals surface area contributed by atoms with E-state index in [-0.39, 0.29) is 24.8 Å². The SMILES string of the molecule is CCCCS(=O)(=O)Nc1ccc2c(c1)c(-c1ccc3c(c1)OCO3)c(C(=O)O)n2Cc1ccc2nsnc2c1. The van der Waals surface area contributed by atoms with Crippen LogP contribution in [0, 0.1) is 0 Å². The van der Waals surface area contributed by atoms with E-state index in [9.17, 15) is 18.3 Å². The minimum absolute atomic E-state index is 0.00585. The molecule has 5 aromatic rings. The number of hydrogen-bond acceptors (Lipinski definition) is 8. The number of nitrogens with zero attached hydrogens (tertiary/aromatic N) is 3. The summed E-state index contributed by atoms with van der Waals surface area (Å²) in [6, 6.07) is 16.0. The van der Waals surface area contributed by atoms with Gasteiger partial charge in [0.2, 0.25) is 16.8 Å². The molecule has 200 valence electrons. The second-order valence-electron chi connectivity index (χ2n) is 9.28. The first-order chi connectivity index (χ1) is 18.8. The highest BCUT2D eigenvalue weighted by atomic mass is 32.2. The summed E-state index contributed by atoms with van der Waals surface area (Å²) < 4.78 is 49.2. The molecule has 3 heterocycles. The molecule has 12 heteroatoms. The Labute approximate surface area is 228 Å². The van der Waals surface area contributed by atoms with E-state index in [1.54, 1.807) is 41.0 Å². The average molecular weight is 565 g/mol. The van der Waals surface area contributed by atoms with Crippen molar-refractivity contribution in [2.24, 2.45) is 0 Å². The van der Waals surface area contributed by atoms with E-state index in [0.717, 1.165) is 34.7 Å². The van der Waals surface area contributed by atoms with Crippen LogP contribution in [0.25, 0.3) is 33.1 Å². The Morgan fingerprint density at radius 3 is 2.69 bits per heavy atom. The lowest BCUT2D eigenvalue weighted by Crippen LogP contribution is -2.16. The van der Waals surface area contributed by atoms with Crippen molar-refractivity contribution in [3.8, 4) is 22.6 Å². The van der Waals surface area contributed by atoms with Gasteiger partial charge in [0.15, 0.2) is 11.5 Å². The van der Waals surface area contributed by atoms with E-state index in [4.69, 9.17) is 9.47 Å². The first kappa shape index (κ1) is 25.1. The highest BCUT2D eigenvalue weighted by molar-refractivity contribution is 7.92. The zero-order chi connectivity index (χ0) is 27.1. The number of rotatable bonds is 9. The van der Waals surface area contributed by atoms with Gasteiger partial charge in [-0.05, 0) is 60.0 Å². The standard InChI is InChI=1S/C27H24N4O6S2/c1-2-3-10-39(34,35)30-18-6-8-22-19(13-18)25(17-5-9-23-24(12-17)37-15-36-23)26(27(32)33)31(22)14-16-4-7-20-21(11-16)29-38-28-20/h4-9,11-13,30H,2-3,10,14-15H2,1H3,(H,32,33). The summed E-state index contributed by atoms with van der Waals surface area (Å²) in [7, 11) is -3.56. The van der Waals surface area contributed by atoms with Crippen molar-refractivity contribution in [3.63, 3.8) is 0 Å². The summed E-state index contributed by atoms with van der Waals surface area (Å²) in [4.78, 5) is 12.8. The van der Waals surface area contributed by atoms with Gasteiger partial charge in [0, 0.05) is 28.7 Å². The van der Waals surface area contributed by atoms with Gasteiger partial charge in [0.25, 0.3) is 0 Å². The molecule has 0 amide bonds. The van der Waals surface area contributed by atoms with Gasteiger partial charge in [0.05, 0.1) is 17.5 Å². The molecule has 0 radical (unpaired) electrons. The fourth-order valence-corrected chi connectivity index (χ4v) is 6.60. The summed E-state index contributed by atoms with van der Waals surface area (Å²) in [6.45, 7) is 2.28. The molecule has 0 unspecified atom stereocenters. The molecule has 1 aliphatic heterocycles. The Morgan fingerprint density at radius 1 is 1.05 bits per heavy atom. The van der Waals surface area contributed by atoms with Crippen LogP contribution in [0.2, 0.25) is 0 Å². The first-order valence-corrected chi connectivity index (χ1v) is 14.7. The predicted molar refractivity (Wildman–Crippen MR) is 149 cm³/mol. The minimum Gasteiger partial charge on any atom is -0.477 e. The highest BCUT2D eigenvalue weighted by Gasteiger charge is 2.26. The zero-order valence-corrected chi connectivity index (χ0v) is 22.5. The number of sulfonamides is 1. The van der Waals surface area contributed by atoms with E-state index in [1.807, 2.05) is 25.1 Å². The van der Waals surface area contributed by atoms with Gasteiger partial charge in [-0.15, -0.1) is 0 Å². The van der Waals surface area contributed by atoms with Crippen LogP contribution in [-0.4, -0.2) is 45.4 Å². The van der Waals surface area contributed by atoms with Crippen LogP contribution >= 0.6 is 11.7 Å². The molecule has 0 atom stereocenters.